The van der Waals surface area contributed by atoms with Crippen LogP contribution in [-0.4, -0.2) is 42.2 Å². The molecule has 2 unspecified atom stereocenters. The lowest BCUT2D eigenvalue weighted by molar-refractivity contribution is 0.103. The summed E-state index contributed by atoms with van der Waals surface area (Å²) in [6.45, 7) is 6.78. The van der Waals surface area contributed by atoms with Crippen molar-refractivity contribution in [2.75, 3.05) is 25.5 Å². The average molecular weight is 412 g/mol. The second-order valence-electron chi connectivity index (χ2n) is 8.18. The largest absolute Gasteiger partial charge is 0.497 e. The van der Waals surface area contributed by atoms with Gasteiger partial charge in [-0.15, -0.1) is 0 Å². The number of hydrogen-bond acceptors (Lipinski definition) is 4. The van der Waals surface area contributed by atoms with Crippen molar-refractivity contribution in [1.29, 1.82) is 0 Å². The van der Waals surface area contributed by atoms with Crippen LogP contribution in [0.1, 0.15) is 39.5 Å². The Balaban J connectivity index is 1.58. The van der Waals surface area contributed by atoms with Crippen molar-refractivity contribution in [2.24, 2.45) is 0 Å². The summed E-state index contributed by atoms with van der Waals surface area (Å²) < 4.78 is 5.45. The van der Waals surface area contributed by atoms with E-state index in [9.17, 15) is 0 Å². The number of hydrogen-bond donors (Lipinski definition) is 1. The van der Waals surface area contributed by atoms with E-state index in [1.807, 2.05) is 24.3 Å². The molecule has 154 valence electrons. The lowest BCUT2D eigenvalue weighted by Gasteiger charge is -2.39. The molecule has 1 aliphatic rings. The molecule has 29 heavy (non-hydrogen) atoms. The fourth-order valence-electron chi connectivity index (χ4n) is 4.60. The Morgan fingerprint density at radius 3 is 2.62 bits per heavy atom. The van der Waals surface area contributed by atoms with Gasteiger partial charge in [0.2, 0.25) is 0 Å². The lowest BCUT2D eigenvalue weighted by Crippen LogP contribution is -2.44. The molecule has 1 saturated heterocycles. The average Bonchev–Trinajstić information content (AvgIpc) is 2.71. The first-order valence-electron chi connectivity index (χ1n) is 10.6. The van der Waals surface area contributed by atoms with Gasteiger partial charge in [0.05, 0.1) is 23.8 Å². The van der Waals surface area contributed by atoms with Crippen LogP contribution in [0, 0.1) is 0 Å². The van der Waals surface area contributed by atoms with Gasteiger partial charge in [-0.2, -0.15) is 0 Å². The number of benzene rings is 2. The Hall–Kier alpha value is -2.04. The van der Waals surface area contributed by atoms with Crippen LogP contribution in [-0.2, 0) is 0 Å². The predicted molar refractivity (Wildman–Crippen MR) is 123 cm³/mol. The number of halogens is 1. The molecule has 1 aromatic heterocycles. The maximum absolute atomic E-state index is 6.22. The highest BCUT2D eigenvalue weighted by Gasteiger charge is 2.23. The van der Waals surface area contributed by atoms with Crippen LogP contribution in [0.5, 0.6) is 5.75 Å². The van der Waals surface area contributed by atoms with E-state index in [1.54, 1.807) is 7.11 Å². The molecule has 2 heterocycles. The van der Waals surface area contributed by atoms with Gasteiger partial charge < -0.3 is 10.1 Å². The Labute approximate surface area is 178 Å². The number of methoxy groups -OCH3 is 1. The van der Waals surface area contributed by atoms with Crippen LogP contribution in [0.3, 0.4) is 0 Å². The number of pyridine rings is 1. The molecular weight excluding hydrogens is 382 g/mol. The van der Waals surface area contributed by atoms with Crippen molar-refractivity contribution in [3.63, 3.8) is 0 Å². The summed E-state index contributed by atoms with van der Waals surface area (Å²) in [4.78, 5) is 7.47. The molecule has 0 saturated carbocycles. The first kappa shape index (κ1) is 20.2. The fourth-order valence-corrected chi connectivity index (χ4v) is 4.77. The zero-order chi connectivity index (χ0) is 20.4. The van der Waals surface area contributed by atoms with E-state index in [-0.39, 0.29) is 0 Å². The third kappa shape index (κ3) is 4.29. The molecular formula is C24H30ClN3O. The predicted octanol–water partition coefficient (Wildman–Crippen LogP) is 6.11. The molecule has 0 spiro atoms. The van der Waals surface area contributed by atoms with Gasteiger partial charge in [-0.05, 0) is 69.5 Å². The van der Waals surface area contributed by atoms with Crippen molar-refractivity contribution in [1.82, 2.24) is 9.88 Å². The minimum Gasteiger partial charge on any atom is -0.497 e. The molecule has 0 aliphatic carbocycles. The van der Waals surface area contributed by atoms with Crippen LogP contribution >= 0.6 is 11.6 Å². The standard InChI is InChI=1S/C24H30ClN3O/c1-16-6-4-7-17(2)28(16)13-5-12-26-24-20-10-8-18(25)14-23(20)27-22-11-9-19(29-3)15-21(22)24/h8-11,14-17H,4-7,12-13H2,1-3H3,(H,26,27). The highest BCUT2D eigenvalue weighted by atomic mass is 35.5. The van der Waals surface area contributed by atoms with Crippen LogP contribution in [0.25, 0.3) is 21.8 Å². The first-order valence-corrected chi connectivity index (χ1v) is 11.0. The van der Waals surface area contributed by atoms with E-state index < -0.39 is 0 Å². The molecule has 0 radical (unpaired) electrons. The summed E-state index contributed by atoms with van der Waals surface area (Å²) in [5.74, 6) is 0.839. The van der Waals surface area contributed by atoms with Crippen molar-refractivity contribution < 1.29 is 4.74 Å². The number of aromatic nitrogens is 1. The second kappa shape index (κ2) is 8.76. The van der Waals surface area contributed by atoms with Gasteiger partial charge in [-0.25, -0.2) is 4.98 Å². The zero-order valence-corrected chi connectivity index (χ0v) is 18.3. The molecule has 1 N–H and O–H groups in total. The molecule has 0 amide bonds. The highest BCUT2D eigenvalue weighted by molar-refractivity contribution is 6.31. The number of piperidine rings is 1. The van der Waals surface area contributed by atoms with Crippen LogP contribution in [0.4, 0.5) is 5.69 Å². The number of fused-ring (bicyclic) bond motifs is 2. The Kier molecular flexibility index (Phi) is 6.12. The number of anilines is 1. The summed E-state index contributed by atoms with van der Waals surface area (Å²) in [5, 5.41) is 6.59. The SMILES string of the molecule is COc1ccc2nc3cc(Cl)ccc3c(NCCCN3C(C)CCCC3C)c2c1. The molecule has 2 aromatic carbocycles. The second-order valence-corrected chi connectivity index (χ2v) is 8.61. The van der Waals surface area contributed by atoms with E-state index >= 15 is 0 Å². The van der Waals surface area contributed by atoms with Crippen molar-refractivity contribution >= 4 is 39.1 Å². The molecule has 0 bridgehead atoms. The maximum atomic E-state index is 6.22. The van der Waals surface area contributed by atoms with Crippen LogP contribution in [0.2, 0.25) is 5.02 Å². The van der Waals surface area contributed by atoms with Gasteiger partial charge in [0.25, 0.3) is 0 Å². The minimum atomic E-state index is 0.688. The fraction of sp³-hybridized carbons (Fsp3) is 0.458. The smallest absolute Gasteiger partial charge is 0.119 e. The topological polar surface area (TPSA) is 37.4 Å². The van der Waals surface area contributed by atoms with Crippen molar-refractivity contribution in [3.05, 3.63) is 41.4 Å². The highest BCUT2D eigenvalue weighted by Crippen LogP contribution is 2.34. The number of nitrogens with zero attached hydrogens (tertiary/aromatic N) is 2. The van der Waals surface area contributed by atoms with Gasteiger partial charge >= 0.3 is 0 Å². The third-order valence-electron chi connectivity index (χ3n) is 6.21. The normalized spacial score (nSPS) is 20.3. The third-order valence-corrected chi connectivity index (χ3v) is 6.45. The van der Waals surface area contributed by atoms with E-state index in [1.165, 1.54) is 19.3 Å². The summed E-state index contributed by atoms with van der Waals surface area (Å²) in [6, 6.07) is 13.3. The Morgan fingerprint density at radius 1 is 1.07 bits per heavy atom. The lowest BCUT2D eigenvalue weighted by atomic mass is 9.97. The van der Waals surface area contributed by atoms with E-state index in [0.29, 0.717) is 17.1 Å². The Morgan fingerprint density at radius 2 is 1.86 bits per heavy atom. The number of likely N-dealkylation sites (tertiary alicyclic amines) is 1. The summed E-state index contributed by atoms with van der Waals surface area (Å²) >= 11 is 6.22. The maximum Gasteiger partial charge on any atom is 0.119 e. The molecule has 1 aliphatic heterocycles. The van der Waals surface area contributed by atoms with E-state index in [2.05, 4.69) is 36.2 Å². The van der Waals surface area contributed by atoms with Gasteiger partial charge in [0, 0.05) is 41.0 Å². The van der Waals surface area contributed by atoms with E-state index in [0.717, 1.165) is 52.8 Å². The first-order chi connectivity index (χ1) is 14.1. The number of nitrogens with one attached hydrogen (secondary N) is 1. The minimum absolute atomic E-state index is 0.688. The monoisotopic (exact) mass is 411 g/mol. The zero-order valence-electron chi connectivity index (χ0n) is 17.5. The molecule has 5 heteroatoms. The van der Waals surface area contributed by atoms with Crippen molar-refractivity contribution in [3.8, 4) is 5.75 Å². The Bertz CT molecular complexity index is 996. The number of ether oxygens (including phenoxy) is 1. The van der Waals surface area contributed by atoms with E-state index in [4.69, 9.17) is 21.3 Å². The molecule has 4 nitrogen and oxygen atoms in total. The molecule has 4 rings (SSSR count). The van der Waals surface area contributed by atoms with Gasteiger partial charge in [0.1, 0.15) is 5.75 Å². The van der Waals surface area contributed by atoms with Gasteiger partial charge in [-0.3, -0.25) is 4.90 Å². The van der Waals surface area contributed by atoms with Gasteiger partial charge in [-0.1, -0.05) is 18.0 Å². The molecule has 1 fully saturated rings. The molecule has 3 aromatic rings. The van der Waals surface area contributed by atoms with Gasteiger partial charge in [0.15, 0.2) is 0 Å². The molecule has 2 atom stereocenters. The summed E-state index contributed by atoms with van der Waals surface area (Å²) in [7, 11) is 1.70. The summed E-state index contributed by atoms with van der Waals surface area (Å²) in [6.07, 6.45) is 5.10. The summed E-state index contributed by atoms with van der Waals surface area (Å²) in [5.41, 5.74) is 2.97. The van der Waals surface area contributed by atoms with Crippen LogP contribution in [0.15, 0.2) is 36.4 Å². The number of rotatable bonds is 6. The quantitative estimate of drug-likeness (QED) is 0.392. The van der Waals surface area contributed by atoms with Crippen LogP contribution < -0.4 is 10.1 Å². The van der Waals surface area contributed by atoms with Crippen molar-refractivity contribution in [2.45, 2.75) is 51.6 Å².